The lowest BCUT2D eigenvalue weighted by atomic mass is 9.93. The molecule has 2 aromatic rings. The van der Waals surface area contributed by atoms with Gasteiger partial charge in [0.15, 0.2) is 11.5 Å². The van der Waals surface area contributed by atoms with Crippen molar-refractivity contribution in [2.45, 2.75) is 59.1 Å². The molecule has 0 radical (unpaired) electrons. The Bertz CT molecular complexity index is 1200. The summed E-state index contributed by atoms with van der Waals surface area (Å²) in [6.45, 7) is 9.30. The predicted octanol–water partition coefficient (Wildman–Crippen LogP) is 5.34. The van der Waals surface area contributed by atoms with Gasteiger partial charge in [-0.3, -0.25) is 9.59 Å². The first kappa shape index (κ1) is 30.0. The van der Waals surface area contributed by atoms with Gasteiger partial charge in [-0.15, -0.1) is 0 Å². The van der Waals surface area contributed by atoms with Gasteiger partial charge < -0.3 is 29.1 Å². The molecule has 2 aromatic carbocycles. The maximum Gasteiger partial charge on any atom is 0.295 e. The zero-order chi connectivity index (χ0) is 28.7. The van der Waals surface area contributed by atoms with Crippen LogP contribution in [0, 0.1) is 6.92 Å². The quantitative estimate of drug-likeness (QED) is 0.159. The molecule has 39 heavy (non-hydrogen) atoms. The van der Waals surface area contributed by atoms with Gasteiger partial charge in [-0.25, -0.2) is 0 Å². The second-order valence-electron chi connectivity index (χ2n) is 10.4. The first-order chi connectivity index (χ1) is 18.6. The number of likely N-dealkylation sites (tertiary alicyclic amines) is 1. The van der Waals surface area contributed by atoms with Crippen LogP contribution in [0.25, 0.3) is 5.76 Å². The molecule has 0 bridgehead atoms. The van der Waals surface area contributed by atoms with Crippen molar-refractivity contribution in [3.05, 3.63) is 58.7 Å². The molecule has 0 spiro atoms. The fourth-order valence-corrected chi connectivity index (χ4v) is 4.67. The molecule has 0 saturated carbocycles. The van der Waals surface area contributed by atoms with Crippen LogP contribution in [0.3, 0.4) is 0 Å². The highest BCUT2D eigenvalue weighted by Gasteiger charge is 2.46. The maximum atomic E-state index is 13.4. The number of nitrogens with zero attached hydrogens (tertiary/aromatic N) is 2. The number of ether oxygens (including phenoxy) is 3. The zero-order valence-electron chi connectivity index (χ0n) is 24.2. The molecular weight excluding hydrogens is 496 g/mol. The van der Waals surface area contributed by atoms with E-state index >= 15 is 0 Å². The molecule has 1 fully saturated rings. The highest BCUT2D eigenvalue weighted by atomic mass is 16.5. The average Bonchev–Trinajstić information content (AvgIpc) is 3.14. The Kier molecular flexibility index (Phi) is 10.4. The van der Waals surface area contributed by atoms with Gasteiger partial charge >= 0.3 is 0 Å². The van der Waals surface area contributed by atoms with E-state index in [1.807, 2.05) is 51.9 Å². The fourth-order valence-electron chi connectivity index (χ4n) is 4.67. The first-order valence-electron chi connectivity index (χ1n) is 13.6. The van der Waals surface area contributed by atoms with E-state index in [4.69, 9.17) is 14.2 Å². The SMILES string of the molecule is CCCCCOc1ccc(C2C(=C(O)c3ccc(OC(C)C)cc3C)C(=O)C(=O)N2CCN(C)C)cc1OC. The molecule has 8 nitrogen and oxygen atoms in total. The molecule has 3 rings (SSSR count). The molecule has 1 aliphatic rings. The minimum absolute atomic E-state index is 0.000514. The van der Waals surface area contributed by atoms with E-state index in [1.165, 1.54) is 4.90 Å². The van der Waals surface area contributed by atoms with Crippen LogP contribution in [0.1, 0.15) is 62.8 Å². The lowest BCUT2D eigenvalue weighted by Crippen LogP contribution is -2.35. The second-order valence-corrected chi connectivity index (χ2v) is 10.4. The minimum atomic E-state index is -0.779. The Morgan fingerprint density at radius 1 is 1.08 bits per heavy atom. The van der Waals surface area contributed by atoms with Gasteiger partial charge in [0.25, 0.3) is 11.7 Å². The minimum Gasteiger partial charge on any atom is -0.507 e. The van der Waals surface area contributed by atoms with Crippen molar-refractivity contribution < 1.29 is 28.9 Å². The standard InChI is InChI=1S/C31H42N2O6/c1-8-9-10-17-38-25-14-11-22(19-26(25)37-7)28-27(30(35)31(36)33(28)16-15-32(5)6)29(34)24-13-12-23(18-21(24)4)39-20(2)3/h11-14,18-20,28,34H,8-10,15-17H2,1-7H3. The molecule has 8 heteroatoms. The van der Waals surface area contributed by atoms with Gasteiger partial charge in [0.05, 0.1) is 31.4 Å². The van der Waals surface area contributed by atoms with E-state index in [0.717, 1.165) is 24.8 Å². The number of methoxy groups -OCH3 is 1. The van der Waals surface area contributed by atoms with Crippen molar-refractivity contribution in [2.75, 3.05) is 40.9 Å². The number of amides is 1. The number of aliphatic hydroxyl groups is 1. The molecule has 0 aromatic heterocycles. The summed E-state index contributed by atoms with van der Waals surface area (Å²) in [6, 6.07) is 9.94. The zero-order valence-corrected chi connectivity index (χ0v) is 24.2. The lowest BCUT2D eigenvalue weighted by molar-refractivity contribution is -0.140. The number of benzene rings is 2. The number of carbonyl (C=O) groups is 2. The third-order valence-corrected chi connectivity index (χ3v) is 6.66. The molecule has 1 aliphatic heterocycles. The van der Waals surface area contributed by atoms with Crippen molar-refractivity contribution >= 4 is 17.4 Å². The molecule has 1 saturated heterocycles. The van der Waals surface area contributed by atoms with E-state index in [9.17, 15) is 14.7 Å². The van der Waals surface area contributed by atoms with Gasteiger partial charge in [0, 0.05) is 18.7 Å². The van der Waals surface area contributed by atoms with Crippen molar-refractivity contribution in [3.8, 4) is 17.2 Å². The summed E-state index contributed by atoms with van der Waals surface area (Å²) in [5.41, 5.74) is 1.92. The number of Topliss-reactive ketones (excluding diaryl/α,β-unsaturated/α-hetero) is 1. The normalized spacial score (nSPS) is 16.8. The molecule has 1 heterocycles. The monoisotopic (exact) mass is 538 g/mol. The lowest BCUT2D eigenvalue weighted by Gasteiger charge is -2.27. The summed E-state index contributed by atoms with van der Waals surface area (Å²) in [5.74, 6) is 0.212. The smallest absolute Gasteiger partial charge is 0.295 e. The summed E-state index contributed by atoms with van der Waals surface area (Å²) >= 11 is 0. The van der Waals surface area contributed by atoms with Crippen LogP contribution in [-0.4, -0.2) is 73.6 Å². The number of carbonyl (C=O) groups excluding carboxylic acids is 2. The van der Waals surface area contributed by atoms with Crippen LogP contribution < -0.4 is 14.2 Å². The fraction of sp³-hybridized carbons (Fsp3) is 0.484. The maximum absolute atomic E-state index is 13.4. The Morgan fingerprint density at radius 3 is 2.44 bits per heavy atom. The third-order valence-electron chi connectivity index (χ3n) is 6.66. The summed E-state index contributed by atoms with van der Waals surface area (Å²) in [5, 5.41) is 11.5. The van der Waals surface area contributed by atoms with Crippen molar-refractivity contribution in [1.29, 1.82) is 0 Å². The molecule has 212 valence electrons. The van der Waals surface area contributed by atoms with Crippen molar-refractivity contribution in [1.82, 2.24) is 9.80 Å². The van der Waals surface area contributed by atoms with Gasteiger partial charge in [-0.1, -0.05) is 25.8 Å². The predicted molar refractivity (Wildman–Crippen MR) is 153 cm³/mol. The highest BCUT2D eigenvalue weighted by molar-refractivity contribution is 6.46. The number of hydrogen-bond donors (Lipinski definition) is 1. The first-order valence-corrected chi connectivity index (χ1v) is 13.6. The van der Waals surface area contributed by atoms with Gasteiger partial charge in [-0.2, -0.15) is 0 Å². The van der Waals surface area contributed by atoms with Crippen molar-refractivity contribution in [3.63, 3.8) is 0 Å². The summed E-state index contributed by atoms with van der Waals surface area (Å²) in [7, 11) is 5.37. The van der Waals surface area contributed by atoms with E-state index in [2.05, 4.69) is 6.92 Å². The Balaban J connectivity index is 2.09. The third kappa shape index (κ3) is 7.12. The largest absolute Gasteiger partial charge is 0.507 e. The Labute approximate surface area is 232 Å². The Hall–Kier alpha value is -3.52. The van der Waals surface area contributed by atoms with Crippen LogP contribution in [0.4, 0.5) is 0 Å². The van der Waals surface area contributed by atoms with E-state index in [1.54, 1.807) is 31.4 Å². The van der Waals surface area contributed by atoms with Gasteiger partial charge in [-0.05, 0) is 82.7 Å². The number of unbranched alkanes of at least 4 members (excludes halogenated alkanes) is 2. The van der Waals surface area contributed by atoms with Crippen LogP contribution in [0.2, 0.25) is 0 Å². The van der Waals surface area contributed by atoms with E-state index in [-0.39, 0.29) is 17.4 Å². The van der Waals surface area contributed by atoms with Gasteiger partial charge in [0.2, 0.25) is 0 Å². The average molecular weight is 539 g/mol. The molecule has 1 atom stereocenters. The van der Waals surface area contributed by atoms with Crippen LogP contribution >= 0.6 is 0 Å². The van der Waals surface area contributed by atoms with Crippen LogP contribution in [0.5, 0.6) is 17.2 Å². The molecule has 1 unspecified atom stereocenters. The topological polar surface area (TPSA) is 88.5 Å². The number of ketones is 1. The highest BCUT2D eigenvalue weighted by Crippen LogP contribution is 2.42. The molecular formula is C31H42N2O6. The second kappa shape index (κ2) is 13.5. The van der Waals surface area contributed by atoms with E-state index < -0.39 is 17.7 Å². The Morgan fingerprint density at radius 2 is 1.82 bits per heavy atom. The van der Waals surface area contributed by atoms with Crippen molar-refractivity contribution in [2.24, 2.45) is 0 Å². The molecule has 1 N–H and O–H groups in total. The number of aryl methyl sites for hydroxylation is 1. The number of rotatable bonds is 13. The number of aliphatic hydroxyl groups excluding tert-OH is 1. The van der Waals surface area contributed by atoms with Gasteiger partial charge in [0.1, 0.15) is 11.5 Å². The van der Waals surface area contributed by atoms with Crippen LogP contribution in [0.15, 0.2) is 42.0 Å². The summed E-state index contributed by atoms with van der Waals surface area (Å²) in [6.07, 6.45) is 3.11. The number of hydrogen-bond acceptors (Lipinski definition) is 7. The summed E-state index contributed by atoms with van der Waals surface area (Å²) < 4.78 is 17.3. The summed E-state index contributed by atoms with van der Waals surface area (Å²) in [4.78, 5) is 30.1. The molecule has 0 aliphatic carbocycles. The van der Waals surface area contributed by atoms with E-state index in [0.29, 0.717) is 48.1 Å². The van der Waals surface area contributed by atoms with Crippen LogP contribution in [-0.2, 0) is 9.59 Å². The molecule has 1 amide bonds. The number of likely N-dealkylation sites (N-methyl/N-ethyl adjacent to an activating group) is 1.